The minimum Gasteiger partial charge on any atom is -0.485 e. The Hall–Kier alpha value is -3.21. The number of hydrogen-bond acceptors (Lipinski definition) is 3. The Morgan fingerprint density at radius 3 is 2.17 bits per heavy atom. The zero-order valence-electron chi connectivity index (χ0n) is 16.4. The fourth-order valence-electron chi connectivity index (χ4n) is 3.65. The molecular weight excluding hydrogens is 369 g/mol. The van der Waals surface area contributed by atoms with E-state index in [2.05, 4.69) is 4.57 Å². The first-order chi connectivity index (χ1) is 13.9. The second-order valence-corrected chi connectivity index (χ2v) is 7.46. The number of carbonyl (C=O) groups excluding carboxylic acids is 2. The topological polar surface area (TPSA) is 48.3 Å². The van der Waals surface area contributed by atoms with E-state index in [4.69, 9.17) is 4.74 Å². The molecule has 0 unspecified atom stereocenters. The van der Waals surface area contributed by atoms with Crippen LogP contribution in [0.4, 0.5) is 4.39 Å². The van der Waals surface area contributed by atoms with Gasteiger partial charge >= 0.3 is 0 Å². The lowest BCUT2D eigenvalue weighted by atomic mass is 10.0. The van der Waals surface area contributed by atoms with Crippen molar-refractivity contribution in [1.82, 2.24) is 4.57 Å². The van der Waals surface area contributed by atoms with Crippen molar-refractivity contribution >= 4 is 11.6 Å². The first kappa shape index (κ1) is 19.1. The Morgan fingerprint density at radius 1 is 1.00 bits per heavy atom. The number of hydrogen-bond donors (Lipinski definition) is 0. The van der Waals surface area contributed by atoms with E-state index in [9.17, 15) is 14.0 Å². The van der Waals surface area contributed by atoms with Crippen molar-refractivity contribution in [2.75, 3.05) is 6.61 Å². The summed E-state index contributed by atoms with van der Waals surface area (Å²) >= 11 is 0. The summed E-state index contributed by atoms with van der Waals surface area (Å²) in [6, 6.07) is 14.5. The molecule has 0 spiro atoms. The van der Waals surface area contributed by atoms with Crippen molar-refractivity contribution in [1.29, 1.82) is 0 Å². The van der Waals surface area contributed by atoms with E-state index in [1.165, 1.54) is 37.1 Å². The first-order valence-corrected chi connectivity index (χ1v) is 9.69. The number of rotatable bonds is 7. The van der Waals surface area contributed by atoms with Crippen LogP contribution in [0.25, 0.3) is 0 Å². The van der Waals surface area contributed by atoms with Gasteiger partial charge in [-0.05, 0) is 81.3 Å². The largest absolute Gasteiger partial charge is 0.485 e. The lowest BCUT2D eigenvalue weighted by Crippen LogP contribution is -2.13. The van der Waals surface area contributed by atoms with Crippen LogP contribution in [0.3, 0.4) is 0 Å². The second kappa shape index (κ2) is 7.66. The van der Waals surface area contributed by atoms with E-state index in [1.54, 1.807) is 24.3 Å². The third kappa shape index (κ3) is 3.99. The van der Waals surface area contributed by atoms with Crippen molar-refractivity contribution in [2.45, 2.75) is 32.7 Å². The fraction of sp³-hybridized carbons (Fsp3) is 0.250. The van der Waals surface area contributed by atoms with Crippen LogP contribution < -0.4 is 4.74 Å². The molecular formula is C24H22FNO3. The summed E-state index contributed by atoms with van der Waals surface area (Å²) in [7, 11) is 0. The maximum Gasteiger partial charge on any atom is 0.202 e. The van der Waals surface area contributed by atoms with Crippen LogP contribution in [0.15, 0.2) is 54.6 Å². The van der Waals surface area contributed by atoms with Crippen molar-refractivity contribution < 1.29 is 18.7 Å². The predicted molar refractivity (Wildman–Crippen MR) is 108 cm³/mol. The van der Waals surface area contributed by atoms with Gasteiger partial charge in [-0.25, -0.2) is 4.39 Å². The van der Waals surface area contributed by atoms with Gasteiger partial charge in [0.2, 0.25) is 5.78 Å². The van der Waals surface area contributed by atoms with Crippen LogP contribution in [0.2, 0.25) is 0 Å². The quantitative estimate of drug-likeness (QED) is 0.528. The van der Waals surface area contributed by atoms with Gasteiger partial charge in [0, 0.05) is 34.1 Å². The molecule has 0 amide bonds. The third-order valence-corrected chi connectivity index (χ3v) is 5.29. The SMILES string of the molecule is Cc1cc(C(=O)COc2ccc(C(=O)c3ccc(F)cc3)cc2)c(C)n1C1CC1. The molecule has 1 aliphatic rings. The molecule has 1 aromatic heterocycles. The van der Waals surface area contributed by atoms with E-state index >= 15 is 0 Å². The standard InChI is InChI=1S/C24H22FNO3/c1-15-13-22(16(2)26(15)20-9-10-20)23(27)14-29-21-11-5-18(6-12-21)24(28)17-3-7-19(25)8-4-17/h3-8,11-13,20H,9-10,14H2,1-2H3. The summed E-state index contributed by atoms with van der Waals surface area (Å²) in [6.45, 7) is 3.95. The van der Waals surface area contributed by atoms with Crippen LogP contribution in [0.5, 0.6) is 5.75 Å². The second-order valence-electron chi connectivity index (χ2n) is 7.46. The smallest absolute Gasteiger partial charge is 0.202 e. The van der Waals surface area contributed by atoms with E-state index in [0.717, 1.165) is 11.4 Å². The molecule has 1 heterocycles. The third-order valence-electron chi connectivity index (χ3n) is 5.29. The predicted octanol–water partition coefficient (Wildman–Crippen LogP) is 5.07. The summed E-state index contributed by atoms with van der Waals surface area (Å²) in [5, 5.41) is 0. The highest BCUT2D eigenvalue weighted by Gasteiger charge is 2.28. The average Bonchev–Trinajstić information content (AvgIpc) is 3.51. The molecule has 0 N–H and O–H groups in total. The Balaban J connectivity index is 1.40. The van der Waals surface area contributed by atoms with Gasteiger partial charge in [0.25, 0.3) is 0 Å². The van der Waals surface area contributed by atoms with Gasteiger partial charge in [-0.15, -0.1) is 0 Å². The molecule has 0 radical (unpaired) electrons. The normalized spacial score (nSPS) is 13.3. The Bertz CT molecular complexity index is 1060. The molecule has 4 rings (SSSR count). The van der Waals surface area contributed by atoms with Crippen LogP contribution in [0.1, 0.15) is 56.6 Å². The maximum atomic E-state index is 13.0. The maximum absolute atomic E-state index is 13.0. The Labute approximate surface area is 168 Å². The van der Waals surface area contributed by atoms with Crippen LogP contribution in [0, 0.1) is 19.7 Å². The molecule has 4 nitrogen and oxygen atoms in total. The number of nitrogens with zero attached hydrogens (tertiary/aromatic N) is 1. The van der Waals surface area contributed by atoms with E-state index in [-0.39, 0.29) is 24.0 Å². The highest BCUT2D eigenvalue weighted by Crippen LogP contribution is 2.38. The van der Waals surface area contributed by atoms with Crippen LogP contribution in [-0.4, -0.2) is 22.7 Å². The van der Waals surface area contributed by atoms with Gasteiger partial charge in [0.05, 0.1) is 0 Å². The molecule has 1 saturated carbocycles. The van der Waals surface area contributed by atoms with Gasteiger partial charge in [-0.1, -0.05) is 0 Å². The lowest BCUT2D eigenvalue weighted by Gasteiger charge is -2.09. The van der Waals surface area contributed by atoms with Gasteiger partial charge < -0.3 is 9.30 Å². The molecule has 1 aliphatic carbocycles. The number of aryl methyl sites for hydroxylation is 1. The molecule has 29 heavy (non-hydrogen) atoms. The molecule has 0 bridgehead atoms. The van der Waals surface area contributed by atoms with Gasteiger partial charge in [-0.2, -0.15) is 0 Å². The number of benzene rings is 2. The molecule has 148 valence electrons. The summed E-state index contributed by atoms with van der Waals surface area (Å²) < 4.78 is 20.9. The summed E-state index contributed by atoms with van der Waals surface area (Å²) in [6.07, 6.45) is 2.34. The molecule has 3 aromatic rings. The number of ether oxygens (including phenoxy) is 1. The summed E-state index contributed by atoms with van der Waals surface area (Å²) in [5.41, 5.74) is 3.71. The van der Waals surface area contributed by atoms with E-state index in [1.807, 2.05) is 19.9 Å². The monoisotopic (exact) mass is 391 g/mol. The molecule has 2 aromatic carbocycles. The van der Waals surface area contributed by atoms with Gasteiger partial charge in [0.1, 0.15) is 11.6 Å². The van der Waals surface area contributed by atoms with E-state index in [0.29, 0.717) is 28.5 Å². The Morgan fingerprint density at radius 2 is 1.59 bits per heavy atom. The fourth-order valence-corrected chi connectivity index (χ4v) is 3.65. The molecule has 5 heteroatoms. The highest BCUT2D eigenvalue weighted by atomic mass is 19.1. The van der Waals surface area contributed by atoms with Gasteiger partial charge in [-0.3, -0.25) is 9.59 Å². The minimum atomic E-state index is -0.382. The zero-order chi connectivity index (χ0) is 20.5. The number of carbonyl (C=O) groups is 2. The molecule has 0 atom stereocenters. The minimum absolute atomic E-state index is 0.0553. The molecule has 0 aliphatic heterocycles. The summed E-state index contributed by atoms with van der Waals surface area (Å²) in [5.74, 6) is -0.116. The van der Waals surface area contributed by atoms with Crippen molar-refractivity contribution in [2.24, 2.45) is 0 Å². The highest BCUT2D eigenvalue weighted by molar-refractivity contribution is 6.09. The number of Topliss-reactive ketones (excluding diaryl/α,β-unsaturated/α-hetero) is 1. The number of ketones is 2. The molecule has 1 fully saturated rings. The van der Waals surface area contributed by atoms with Gasteiger partial charge in [0.15, 0.2) is 12.4 Å². The number of halogens is 1. The first-order valence-electron chi connectivity index (χ1n) is 9.69. The van der Waals surface area contributed by atoms with Crippen molar-refractivity contribution in [3.63, 3.8) is 0 Å². The number of aromatic nitrogens is 1. The average molecular weight is 391 g/mol. The van der Waals surface area contributed by atoms with Crippen molar-refractivity contribution in [3.8, 4) is 5.75 Å². The van der Waals surface area contributed by atoms with Crippen LogP contribution in [-0.2, 0) is 0 Å². The van der Waals surface area contributed by atoms with Crippen molar-refractivity contribution in [3.05, 3.63) is 88.5 Å². The lowest BCUT2D eigenvalue weighted by molar-refractivity contribution is 0.0920. The summed E-state index contributed by atoms with van der Waals surface area (Å²) in [4.78, 5) is 25.0. The Kier molecular flexibility index (Phi) is 5.05. The van der Waals surface area contributed by atoms with E-state index < -0.39 is 0 Å². The molecule has 0 saturated heterocycles. The van der Waals surface area contributed by atoms with Crippen LogP contribution >= 0.6 is 0 Å². The zero-order valence-corrected chi connectivity index (χ0v) is 16.4.